The number of anilines is 1. The van der Waals surface area contributed by atoms with Crippen LogP contribution in [0.3, 0.4) is 0 Å². The minimum absolute atomic E-state index is 0.245. The lowest BCUT2D eigenvalue weighted by atomic mass is 10.1. The fourth-order valence-corrected chi connectivity index (χ4v) is 2.97. The second-order valence-corrected chi connectivity index (χ2v) is 6.29. The highest BCUT2D eigenvalue weighted by Gasteiger charge is 2.30. The first-order chi connectivity index (χ1) is 12.8. The van der Waals surface area contributed by atoms with Gasteiger partial charge in [0.2, 0.25) is 5.95 Å². The van der Waals surface area contributed by atoms with Crippen molar-refractivity contribution in [3.05, 3.63) is 57.0 Å². The molecule has 0 radical (unpaired) electrons. The highest BCUT2D eigenvalue weighted by atomic mass is 19.4. The van der Waals surface area contributed by atoms with Crippen LogP contribution >= 0.6 is 0 Å². The third-order valence-corrected chi connectivity index (χ3v) is 4.41. The van der Waals surface area contributed by atoms with E-state index < -0.39 is 11.7 Å². The smallest absolute Gasteiger partial charge is 0.408 e. The van der Waals surface area contributed by atoms with Gasteiger partial charge < -0.3 is 15.5 Å². The highest BCUT2D eigenvalue weighted by molar-refractivity contribution is 5.37. The maximum Gasteiger partial charge on any atom is 0.416 e. The molecule has 2 N–H and O–H groups in total. The number of hydrogen-bond donors (Lipinski definition) is 2. The van der Waals surface area contributed by atoms with E-state index in [0.717, 1.165) is 23.4 Å². The summed E-state index contributed by atoms with van der Waals surface area (Å²) in [5, 5.41) is 6.22. The molecule has 2 aromatic rings. The molecule has 2 heterocycles. The van der Waals surface area contributed by atoms with Crippen LogP contribution in [0, 0.1) is 0 Å². The molecule has 146 valence electrons. The summed E-state index contributed by atoms with van der Waals surface area (Å²) in [7, 11) is 0. The van der Waals surface area contributed by atoms with E-state index in [1.165, 1.54) is 12.1 Å². The summed E-state index contributed by atoms with van der Waals surface area (Å²) >= 11 is 0. The molecule has 1 aliphatic heterocycles. The Bertz CT molecular complexity index is 863. The van der Waals surface area contributed by atoms with Gasteiger partial charge in [0, 0.05) is 19.5 Å². The van der Waals surface area contributed by atoms with Crippen molar-refractivity contribution in [1.29, 1.82) is 0 Å². The van der Waals surface area contributed by atoms with Gasteiger partial charge in [0.15, 0.2) is 0 Å². The van der Waals surface area contributed by atoms with Gasteiger partial charge in [-0.25, -0.2) is 4.98 Å². The van der Waals surface area contributed by atoms with Crippen LogP contribution in [0.5, 0.6) is 0 Å². The largest absolute Gasteiger partial charge is 0.416 e. The summed E-state index contributed by atoms with van der Waals surface area (Å²) in [5.74, 6) is 0.245. The molecule has 3 rings (SSSR count). The summed E-state index contributed by atoms with van der Waals surface area (Å²) in [6, 6.07) is 4.52. The lowest BCUT2D eigenvalue weighted by Crippen LogP contribution is -2.39. The van der Waals surface area contributed by atoms with Crippen molar-refractivity contribution in [2.24, 2.45) is 0 Å². The molecule has 9 heteroatoms. The van der Waals surface area contributed by atoms with Crippen LogP contribution in [0.4, 0.5) is 19.1 Å². The number of benzene rings is 1. The van der Waals surface area contributed by atoms with E-state index in [2.05, 4.69) is 15.6 Å². The number of alkyl halides is 3. The fraction of sp³-hybridized carbons (Fsp3) is 0.444. The lowest BCUT2D eigenvalue weighted by Gasteiger charge is -2.22. The quantitative estimate of drug-likeness (QED) is 0.832. The number of aromatic nitrogens is 2. The van der Waals surface area contributed by atoms with Crippen LogP contribution in [-0.4, -0.2) is 22.9 Å². The van der Waals surface area contributed by atoms with Crippen molar-refractivity contribution in [3.8, 4) is 0 Å². The molecule has 1 aromatic heterocycles. The van der Waals surface area contributed by atoms with Crippen molar-refractivity contribution in [1.82, 2.24) is 15.0 Å². The third kappa shape index (κ3) is 4.08. The molecular formula is C18H21F3N4O2. The van der Waals surface area contributed by atoms with Gasteiger partial charge in [0.25, 0.3) is 5.56 Å². The van der Waals surface area contributed by atoms with Gasteiger partial charge in [-0.15, -0.1) is 4.73 Å². The molecule has 0 amide bonds. The van der Waals surface area contributed by atoms with E-state index in [1.807, 2.05) is 0 Å². The molecule has 0 bridgehead atoms. The molecule has 1 unspecified atom stereocenters. The Morgan fingerprint density at radius 1 is 1.33 bits per heavy atom. The highest BCUT2D eigenvalue weighted by Crippen LogP contribution is 2.30. The van der Waals surface area contributed by atoms with Gasteiger partial charge in [-0.2, -0.15) is 13.2 Å². The molecule has 0 aliphatic carbocycles. The molecule has 0 spiro atoms. The SMILES string of the molecule is CCOn1c(NC(C)c2ccc(C(F)(F)F)cc2)nc2c(c1=O)CNCC2. The fourth-order valence-electron chi connectivity index (χ4n) is 2.97. The second-order valence-electron chi connectivity index (χ2n) is 6.29. The number of nitrogens with one attached hydrogen (secondary N) is 2. The van der Waals surface area contributed by atoms with Crippen molar-refractivity contribution in [2.45, 2.75) is 39.0 Å². The first kappa shape index (κ1) is 19.2. The van der Waals surface area contributed by atoms with E-state index in [0.29, 0.717) is 29.8 Å². The van der Waals surface area contributed by atoms with Gasteiger partial charge in [0.05, 0.1) is 22.9 Å². The monoisotopic (exact) mass is 382 g/mol. The maximum absolute atomic E-state index is 12.7. The van der Waals surface area contributed by atoms with Crippen LogP contribution in [0.25, 0.3) is 0 Å². The summed E-state index contributed by atoms with van der Waals surface area (Å²) < 4.78 is 39.3. The first-order valence-electron chi connectivity index (χ1n) is 8.73. The number of nitrogens with zero attached hydrogens (tertiary/aromatic N) is 2. The van der Waals surface area contributed by atoms with E-state index in [9.17, 15) is 18.0 Å². The van der Waals surface area contributed by atoms with Crippen LogP contribution in [0.1, 0.15) is 42.3 Å². The van der Waals surface area contributed by atoms with E-state index >= 15 is 0 Å². The van der Waals surface area contributed by atoms with Crippen molar-refractivity contribution in [3.63, 3.8) is 0 Å². The zero-order chi connectivity index (χ0) is 19.6. The normalized spacial score (nSPS) is 15.1. The molecular weight excluding hydrogens is 361 g/mol. The zero-order valence-corrected chi connectivity index (χ0v) is 15.1. The molecule has 1 aliphatic rings. The minimum Gasteiger partial charge on any atom is -0.408 e. The molecule has 0 saturated carbocycles. The molecule has 0 fully saturated rings. The molecule has 1 aromatic carbocycles. The topological polar surface area (TPSA) is 68.2 Å². The number of halogens is 3. The molecule has 0 saturated heterocycles. The van der Waals surface area contributed by atoms with E-state index in [-0.39, 0.29) is 24.2 Å². The molecule has 1 atom stereocenters. The Morgan fingerprint density at radius 2 is 2.04 bits per heavy atom. The van der Waals surface area contributed by atoms with Crippen LogP contribution in [-0.2, 0) is 19.1 Å². The van der Waals surface area contributed by atoms with Crippen molar-refractivity contribution >= 4 is 5.95 Å². The summed E-state index contributed by atoms with van der Waals surface area (Å²) in [6.07, 6.45) is -3.75. The Morgan fingerprint density at radius 3 is 2.67 bits per heavy atom. The van der Waals surface area contributed by atoms with Gasteiger partial charge in [-0.05, 0) is 31.5 Å². The number of fused-ring (bicyclic) bond motifs is 1. The predicted octanol–water partition coefficient (Wildman–Crippen LogP) is 2.53. The van der Waals surface area contributed by atoms with E-state index in [1.54, 1.807) is 13.8 Å². The number of rotatable bonds is 5. The minimum atomic E-state index is -4.38. The standard InChI is InChI=1S/C18H21F3N4O2/c1-3-27-25-16(26)14-10-22-9-8-15(14)24-17(25)23-11(2)12-4-6-13(7-5-12)18(19,20)21/h4-7,11,22H,3,8-10H2,1-2H3,(H,23,24). The van der Waals surface area contributed by atoms with Crippen LogP contribution < -0.4 is 21.0 Å². The zero-order valence-electron chi connectivity index (χ0n) is 15.1. The Kier molecular flexibility index (Phi) is 5.41. The number of hydrogen-bond acceptors (Lipinski definition) is 5. The van der Waals surface area contributed by atoms with Crippen molar-refractivity contribution in [2.75, 3.05) is 18.5 Å². The van der Waals surface area contributed by atoms with Crippen LogP contribution in [0.2, 0.25) is 0 Å². The predicted molar refractivity (Wildman–Crippen MR) is 94.5 cm³/mol. The van der Waals surface area contributed by atoms with Gasteiger partial charge >= 0.3 is 6.18 Å². The Balaban J connectivity index is 1.90. The Labute approximate surface area is 154 Å². The lowest BCUT2D eigenvalue weighted by molar-refractivity contribution is -0.137. The van der Waals surface area contributed by atoms with Crippen molar-refractivity contribution < 1.29 is 18.0 Å². The average Bonchev–Trinajstić information content (AvgIpc) is 2.64. The van der Waals surface area contributed by atoms with Gasteiger partial charge in [-0.3, -0.25) is 4.79 Å². The van der Waals surface area contributed by atoms with Gasteiger partial charge in [-0.1, -0.05) is 12.1 Å². The van der Waals surface area contributed by atoms with E-state index in [4.69, 9.17) is 4.84 Å². The molecule has 27 heavy (non-hydrogen) atoms. The van der Waals surface area contributed by atoms with Gasteiger partial charge in [0.1, 0.15) is 6.61 Å². The summed E-state index contributed by atoms with van der Waals surface area (Å²) in [5.41, 5.74) is 0.930. The molecule has 6 nitrogen and oxygen atoms in total. The first-order valence-corrected chi connectivity index (χ1v) is 8.73. The summed E-state index contributed by atoms with van der Waals surface area (Å²) in [4.78, 5) is 22.6. The van der Waals surface area contributed by atoms with Crippen LogP contribution in [0.15, 0.2) is 29.1 Å². The average molecular weight is 382 g/mol. The third-order valence-electron chi connectivity index (χ3n) is 4.41. The second kappa shape index (κ2) is 7.59. The Hall–Kier alpha value is -2.55. The maximum atomic E-state index is 12.7. The summed E-state index contributed by atoms with van der Waals surface area (Å²) in [6.45, 7) is 4.98.